The minimum Gasteiger partial charge on any atom is -0.361 e. The minimum absolute atomic E-state index is 0.0285. The molecule has 1 N–H and O–H groups in total. The van der Waals surface area contributed by atoms with Crippen LogP contribution in [0.5, 0.6) is 0 Å². The maximum Gasteiger partial charge on any atom is 0.274 e. The van der Waals surface area contributed by atoms with Gasteiger partial charge in [-0.1, -0.05) is 21.9 Å². The summed E-state index contributed by atoms with van der Waals surface area (Å²) < 4.78 is 10.3. The molecule has 1 aliphatic rings. The standard InChI is InChI=1S/C16H16ClN5O3/c1-9-12(7-19-24-9)16(23)22-4-2-3-10(8-22)14-20-15(25-21-14)13-5-11(17)6-18-13/h5-7,10,18H,2-4,8H2,1H3/t10-/m0/s1. The SMILES string of the molecule is Cc1oncc1C(=O)N1CCC[C@H](c2noc(-c3cc(Cl)c[nH]3)n2)C1. The van der Waals surface area contributed by atoms with Crippen molar-refractivity contribution in [2.24, 2.45) is 0 Å². The van der Waals surface area contributed by atoms with Gasteiger partial charge in [0.1, 0.15) is 17.0 Å². The third kappa shape index (κ3) is 3.05. The summed E-state index contributed by atoms with van der Waals surface area (Å²) in [5.74, 6) is 1.46. The molecular formula is C16H16ClN5O3. The normalized spacial score (nSPS) is 17.8. The number of aromatic amines is 1. The number of halogens is 1. The van der Waals surface area contributed by atoms with E-state index in [1.807, 2.05) is 0 Å². The Morgan fingerprint density at radius 3 is 3.04 bits per heavy atom. The predicted molar refractivity (Wildman–Crippen MR) is 88.2 cm³/mol. The Bertz CT molecular complexity index is 899. The second-order valence-electron chi connectivity index (χ2n) is 6.08. The van der Waals surface area contributed by atoms with Gasteiger partial charge in [0.05, 0.1) is 11.2 Å². The third-order valence-electron chi connectivity index (χ3n) is 4.37. The number of hydrogen-bond acceptors (Lipinski definition) is 6. The van der Waals surface area contributed by atoms with Crippen molar-refractivity contribution < 1.29 is 13.8 Å². The molecule has 3 aromatic heterocycles. The summed E-state index contributed by atoms with van der Waals surface area (Å²) in [6.07, 6.45) is 4.89. The van der Waals surface area contributed by atoms with Crippen LogP contribution >= 0.6 is 11.6 Å². The number of carbonyl (C=O) groups is 1. The predicted octanol–water partition coefficient (Wildman–Crippen LogP) is 3.03. The summed E-state index contributed by atoms with van der Waals surface area (Å²) in [7, 11) is 0. The van der Waals surface area contributed by atoms with Crippen LogP contribution in [0.15, 0.2) is 27.5 Å². The molecule has 0 radical (unpaired) electrons. The van der Waals surface area contributed by atoms with Crippen molar-refractivity contribution >= 4 is 17.5 Å². The number of amides is 1. The first kappa shape index (κ1) is 15.9. The molecule has 0 spiro atoms. The zero-order chi connectivity index (χ0) is 17.4. The lowest BCUT2D eigenvalue weighted by Gasteiger charge is -2.31. The molecule has 4 rings (SSSR count). The fourth-order valence-electron chi connectivity index (χ4n) is 3.05. The first-order valence-electron chi connectivity index (χ1n) is 8.00. The highest BCUT2D eigenvalue weighted by Crippen LogP contribution is 2.28. The van der Waals surface area contributed by atoms with Gasteiger partial charge in [0, 0.05) is 25.2 Å². The number of rotatable bonds is 3. The highest BCUT2D eigenvalue weighted by Gasteiger charge is 2.30. The molecule has 8 nitrogen and oxygen atoms in total. The molecule has 1 saturated heterocycles. The van der Waals surface area contributed by atoms with Crippen molar-refractivity contribution in [2.75, 3.05) is 13.1 Å². The summed E-state index contributed by atoms with van der Waals surface area (Å²) in [5, 5.41) is 8.34. The number of aryl methyl sites for hydroxylation is 1. The number of carbonyl (C=O) groups excluding carboxylic acids is 1. The molecule has 0 aliphatic carbocycles. The first-order valence-corrected chi connectivity index (χ1v) is 8.38. The van der Waals surface area contributed by atoms with Gasteiger partial charge in [-0.15, -0.1) is 0 Å². The summed E-state index contributed by atoms with van der Waals surface area (Å²) >= 11 is 5.90. The van der Waals surface area contributed by atoms with Crippen LogP contribution < -0.4 is 0 Å². The van der Waals surface area contributed by atoms with E-state index in [0.717, 1.165) is 12.8 Å². The average Bonchev–Trinajstić information content (AvgIpc) is 3.35. The summed E-state index contributed by atoms with van der Waals surface area (Å²) in [4.78, 5) is 21.9. The summed E-state index contributed by atoms with van der Waals surface area (Å²) in [6, 6.07) is 1.73. The molecule has 130 valence electrons. The monoisotopic (exact) mass is 361 g/mol. The second-order valence-corrected chi connectivity index (χ2v) is 6.51. The molecule has 0 unspecified atom stereocenters. The van der Waals surface area contributed by atoms with Crippen molar-refractivity contribution in [3.05, 3.63) is 40.6 Å². The first-order chi connectivity index (χ1) is 12.1. The third-order valence-corrected chi connectivity index (χ3v) is 4.59. The molecule has 0 aromatic carbocycles. The van der Waals surface area contributed by atoms with E-state index in [2.05, 4.69) is 20.3 Å². The number of hydrogen-bond donors (Lipinski definition) is 1. The van der Waals surface area contributed by atoms with Gasteiger partial charge >= 0.3 is 0 Å². The Labute approximate surface area is 148 Å². The Balaban J connectivity index is 1.51. The van der Waals surface area contributed by atoms with Gasteiger partial charge in [-0.2, -0.15) is 4.98 Å². The van der Waals surface area contributed by atoms with Gasteiger partial charge in [-0.05, 0) is 25.8 Å². The number of nitrogens with one attached hydrogen (secondary N) is 1. The molecule has 25 heavy (non-hydrogen) atoms. The molecule has 1 atom stereocenters. The zero-order valence-corrected chi connectivity index (χ0v) is 14.3. The van der Waals surface area contributed by atoms with E-state index in [9.17, 15) is 4.79 Å². The fourth-order valence-corrected chi connectivity index (χ4v) is 3.21. The number of likely N-dealkylation sites (tertiary alicyclic amines) is 1. The van der Waals surface area contributed by atoms with Crippen LogP contribution in [-0.4, -0.2) is 44.2 Å². The van der Waals surface area contributed by atoms with Gasteiger partial charge in [0.15, 0.2) is 5.82 Å². The maximum absolute atomic E-state index is 12.6. The molecule has 1 aliphatic heterocycles. The highest BCUT2D eigenvalue weighted by molar-refractivity contribution is 6.30. The lowest BCUT2D eigenvalue weighted by atomic mass is 9.97. The second kappa shape index (κ2) is 6.36. The summed E-state index contributed by atoms with van der Waals surface area (Å²) in [5.41, 5.74) is 1.17. The van der Waals surface area contributed by atoms with Gasteiger partial charge in [-0.3, -0.25) is 4.79 Å². The zero-order valence-electron chi connectivity index (χ0n) is 13.5. The molecule has 3 aromatic rings. The van der Waals surface area contributed by atoms with Crippen LogP contribution in [0.25, 0.3) is 11.6 Å². The van der Waals surface area contributed by atoms with Crippen molar-refractivity contribution in [1.29, 1.82) is 0 Å². The van der Waals surface area contributed by atoms with Crippen LogP contribution in [0, 0.1) is 6.92 Å². The van der Waals surface area contributed by atoms with Crippen LogP contribution in [-0.2, 0) is 0 Å². The lowest BCUT2D eigenvalue weighted by molar-refractivity contribution is 0.0702. The molecule has 0 bridgehead atoms. The van der Waals surface area contributed by atoms with Crippen molar-refractivity contribution in [2.45, 2.75) is 25.7 Å². The molecule has 1 amide bonds. The largest absolute Gasteiger partial charge is 0.361 e. The molecular weight excluding hydrogens is 346 g/mol. The van der Waals surface area contributed by atoms with Gasteiger partial charge in [0.2, 0.25) is 0 Å². The minimum atomic E-state index is -0.0803. The van der Waals surface area contributed by atoms with Gasteiger partial charge in [-0.25, -0.2) is 0 Å². The molecule has 1 fully saturated rings. The van der Waals surface area contributed by atoms with Crippen molar-refractivity contribution in [3.63, 3.8) is 0 Å². The quantitative estimate of drug-likeness (QED) is 0.769. The van der Waals surface area contributed by atoms with Crippen LogP contribution in [0.2, 0.25) is 5.02 Å². The lowest BCUT2D eigenvalue weighted by Crippen LogP contribution is -2.39. The Kier molecular flexibility index (Phi) is 4.04. The van der Waals surface area contributed by atoms with E-state index >= 15 is 0 Å². The Morgan fingerprint density at radius 1 is 1.44 bits per heavy atom. The topological polar surface area (TPSA) is 101 Å². The van der Waals surface area contributed by atoms with E-state index < -0.39 is 0 Å². The Hall–Kier alpha value is -2.61. The smallest absolute Gasteiger partial charge is 0.274 e. The molecule has 0 saturated carbocycles. The van der Waals surface area contributed by atoms with E-state index in [1.165, 1.54) is 6.20 Å². The van der Waals surface area contributed by atoms with Crippen molar-refractivity contribution in [1.82, 2.24) is 25.2 Å². The van der Waals surface area contributed by atoms with E-state index in [4.69, 9.17) is 20.6 Å². The van der Waals surface area contributed by atoms with Gasteiger partial charge < -0.3 is 18.9 Å². The average molecular weight is 362 g/mol. The number of aromatic nitrogens is 4. The van der Waals surface area contributed by atoms with Gasteiger partial charge in [0.25, 0.3) is 11.8 Å². The number of nitrogens with zero attached hydrogens (tertiary/aromatic N) is 4. The maximum atomic E-state index is 12.6. The van der Waals surface area contributed by atoms with E-state index in [1.54, 1.807) is 24.1 Å². The van der Waals surface area contributed by atoms with Crippen molar-refractivity contribution in [3.8, 4) is 11.6 Å². The number of H-pyrrole nitrogens is 1. The summed E-state index contributed by atoms with van der Waals surface area (Å²) in [6.45, 7) is 2.96. The van der Waals surface area contributed by atoms with Crippen LogP contribution in [0.4, 0.5) is 0 Å². The highest BCUT2D eigenvalue weighted by atomic mass is 35.5. The molecule has 9 heteroatoms. The van der Waals surface area contributed by atoms with Crippen LogP contribution in [0.1, 0.15) is 40.7 Å². The van der Waals surface area contributed by atoms with Crippen LogP contribution in [0.3, 0.4) is 0 Å². The van der Waals surface area contributed by atoms with E-state index in [-0.39, 0.29) is 11.8 Å². The Morgan fingerprint density at radius 2 is 2.32 bits per heavy atom. The molecule has 4 heterocycles. The fraction of sp³-hybridized carbons (Fsp3) is 0.375. The van der Waals surface area contributed by atoms with E-state index in [0.29, 0.717) is 46.8 Å². The number of piperidine rings is 1.